The maximum absolute atomic E-state index is 6.20. The Labute approximate surface area is 165 Å². The van der Waals surface area contributed by atoms with E-state index in [0.29, 0.717) is 19.8 Å². The minimum absolute atomic E-state index is 0.499. The van der Waals surface area contributed by atoms with Crippen molar-refractivity contribution < 1.29 is 14.5 Å². The first-order chi connectivity index (χ1) is 13.7. The Morgan fingerprint density at radius 2 is 1.82 bits per heavy atom. The summed E-state index contributed by atoms with van der Waals surface area (Å²) in [7, 11) is 4.06. The van der Waals surface area contributed by atoms with Crippen LogP contribution in [-0.4, -0.2) is 34.7 Å². The molecule has 0 saturated heterocycles. The van der Waals surface area contributed by atoms with Crippen molar-refractivity contribution in [3.63, 3.8) is 0 Å². The van der Waals surface area contributed by atoms with Gasteiger partial charge in [0, 0.05) is 30.7 Å². The van der Waals surface area contributed by atoms with E-state index in [9.17, 15) is 0 Å². The molecule has 4 rings (SSSR count). The van der Waals surface area contributed by atoms with Crippen LogP contribution < -0.4 is 20.2 Å². The van der Waals surface area contributed by atoms with Gasteiger partial charge in [0.25, 0.3) is 0 Å². The predicted octanol–water partition coefficient (Wildman–Crippen LogP) is 2.74. The van der Waals surface area contributed by atoms with Gasteiger partial charge in [-0.1, -0.05) is 37.2 Å². The van der Waals surface area contributed by atoms with Crippen molar-refractivity contribution in [2.45, 2.75) is 6.32 Å². The largest absolute Gasteiger partial charge is 0.453 e. The van der Waals surface area contributed by atoms with Gasteiger partial charge in [0.05, 0.1) is 13.2 Å². The average molecular weight is 374 g/mol. The maximum atomic E-state index is 6.20. The zero-order valence-corrected chi connectivity index (χ0v) is 16.3. The normalized spacial score (nSPS) is 12.0. The molecule has 0 bridgehead atoms. The topological polar surface area (TPSA) is 43.3 Å². The van der Waals surface area contributed by atoms with Crippen LogP contribution in [0.25, 0.3) is 17.4 Å². The molecule has 28 heavy (non-hydrogen) atoms. The van der Waals surface area contributed by atoms with Crippen LogP contribution in [0.15, 0.2) is 53.5 Å². The second-order valence-corrected chi connectivity index (χ2v) is 6.86. The molecule has 0 amide bonds. The minimum Gasteiger partial charge on any atom is -0.453 e. The summed E-state index contributed by atoms with van der Waals surface area (Å²) in [5.41, 5.74) is 1.86. The van der Waals surface area contributed by atoms with E-state index in [0.717, 1.165) is 50.5 Å². The lowest BCUT2D eigenvalue weighted by molar-refractivity contribution is -0.288. The van der Waals surface area contributed by atoms with E-state index in [-0.39, 0.29) is 0 Å². The first kappa shape index (κ1) is 18.5. The first-order valence-corrected chi connectivity index (χ1v) is 9.54. The highest BCUT2D eigenvalue weighted by Crippen LogP contribution is 2.37. The van der Waals surface area contributed by atoms with E-state index in [4.69, 9.17) is 19.5 Å². The molecule has 0 N–H and O–H groups in total. The highest BCUT2D eigenvalue weighted by atomic mass is 17.2. The van der Waals surface area contributed by atoms with Crippen molar-refractivity contribution in [1.29, 1.82) is 0 Å². The number of ether oxygens (including phenoxy) is 1. The standard InChI is InChI=1S/C22H23BN2O3/c1-15-13-21-22(18-6-4-3-5-17(15)18)24-19-8-7-16(14-20(19)28-21)25(2)10-12-27-26-11-9-23/h3-8,13-14H,1,9-12,23H2,2H3. The second-order valence-electron chi connectivity index (χ2n) is 6.86. The molecule has 0 radical (unpaired) electrons. The highest BCUT2D eigenvalue weighted by Gasteiger charge is 2.16. The van der Waals surface area contributed by atoms with Crippen LogP contribution in [0.4, 0.5) is 11.4 Å². The zero-order chi connectivity index (χ0) is 19.5. The van der Waals surface area contributed by atoms with Crippen molar-refractivity contribution in [2.24, 2.45) is 4.99 Å². The van der Waals surface area contributed by atoms with Gasteiger partial charge in [-0.25, -0.2) is 14.8 Å². The number of hydrogen-bond acceptors (Lipinski definition) is 5. The van der Waals surface area contributed by atoms with Crippen molar-refractivity contribution >= 4 is 36.6 Å². The van der Waals surface area contributed by atoms with Gasteiger partial charge in [-0.2, -0.15) is 0 Å². The lowest BCUT2D eigenvalue weighted by Crippen LogP contribution is -2.23. The Morgan fingerprint density at radius 3 is 2.64 bits per heavy atom. The molecule has 142 valence electrons. The second kappa shape index (κ2) is 8.04. The predicted molar refractivity (Wildman–Crippen MR) is 115 cm³/mol. The van der Waals surface area contributed by atoms with Crippen LogP contribution in [0.2, 0.25) is 6.32 Å². The van der Waals surface area contributed by atoms with Crippen LogP contribution in [0.5, 0.6) is 11.5 Å². The number of anilines is 1. The molecule has 0 unspecified atom stereocenters. The molecule has 0 aliphatic carbocycles. The molecule has 6 heteroatoms. The summed E-state index contributed by atoms with van der Waals surface area (Å²) in [5, 5.41) is 3.95. The van der Waals surface area contributed by atoms with E-state index < -0.39 is 0 Å². The fourth-order valence-electron chi connectivity index (χ4n) is 3.26. The molecule has 0 spiro atoms. The molecule has 3 aromatic rings. The third-order valence-electron chi connectivity index (χ3n) is 4.78. The quantitative estimate of drug-likeness (QED) is 0.216. The van der Waals surface area contributed by atoms with Crippen LogP contribution in [0.3, 0.4) is 0 Å². The van der Waals surface area contributed by atoms with Gasteiger partial charge in [-0.3, -0.25) is 0 Å². The van der Waals surface area contributed by atoms with Gasteiger partial charge in [0.15, 0.2) is 11.5 Å². The van der Waals surface area contributed by atoms with Gasteiger partial charge in [0.2, 0.25) is 0 Å². The van der Waals surface area contributed by atoms with Crippen LogP contribution >= 0.6 is 0 Å². The zero-order valence-electron chi connectivity index (χ0n) is 16.3. The van der Waals surface area contributed by atoms with E-state index in [2.05, 4.69) is 23.6 Å². The monoisotopic (exact) mass is 374 g/mol. The average Bonchev–Trinajstić information content (AvgIpc) is 2.72. The maximum Gasteiger partial charge on any atom is 0.155 e. The highest BCUT2D eigenvalue weighted by molar-refractivity contribution is 6.08. The molecule has 0 atom stereocenters. The summed E-state index contributed by atoms with van der Waals surface area (Å²) >= 11 is 0. The molecule has 0 aromatic heterocycles. The van der Waals surface area contributed by atoms with Crippen molar-refractivity contribution in [1.82, 2.24) is 0 Å². The van der Waals surface area contributed by atoms with E-state index in [1.54, 1.807) is 0 Å². The van der Waals surface area contributed by atoms with Crippen molar-refractivity contribution in [2.75, 3.05) is 31.7 Å². The molecule has 0 fully saturated rings. The van der Waals surface area contributed by atoms with Gasteiger partial charge < -0.3 is 9.64 Å². The molecule has 1 aliphatic heterocycles. The molecular formula is C22H23BN2O3. The minimum atomic E-state index is 0.499. The van der Waals surface area contributed by atoms with Gasteiger partial charge in [0.1, 0.15) is 18.9 Å². The van der Waals surface area contributed by atoms with Gasteiger partial charge in [-0.15, -0.1) is 0 Å². The summed E-state index contributed by atoms with van der Waals surface area (Å²) in [6, 6.07) is 16.1. The fourth-order valence-corrected chi connectivity index (χ4v) is 3.26. The first-order valence-electron chi connectivity index (χ1n) is 9.54. The number of hydrogen-bond donors (Lipinski definition) is 0. The van der Waals surface area contributed by atoms with Gasteiger partial charge in [-0.05, 0) is 28.8 Å². The molecular weight excluding hydrogens is 351 g/mol. The summed E-state index contributed by atoms with van der Waals surface area (Å²) < 4.78 is 6.20. The molecule has 1 heterocycles. The number of nitrogens with zero attached hydrogens (tertiary/aromatic N) is 2. The van der Waals surface area contributed by atoms with Crippen molar-refractivity contribution in [3.05, 3.63) is 59.1 Å². The Hall–Kier alpha value is -2.83. The summed E-state index contributed by atoms with van der Waals surface area (Å²) in [6.45, 7) is 5.98. The number of fused-ring (bicyclic) bond motifs is 4. The molecule has 5 nitrogen and oxygen atoms in total. The fraction of sp³-hybridized carbons (Fsp3) is 0.227. The van der Waals surface area contributed by atoms with Crippen molar-refractivity contribution in [3.8, 4) is 11.5 Å². The van der Waals surface area contributed by atoms with Crippen LogP contribution in [0, 0.1) is 0 Å². The lowest BCUT2D eigenvalue weighted by Gasteiger charge is -2.22. The van der Waals surface area contributed by atoms with Crippen LogP contribution in [-0.2, 0) is 9.78 Å². The Bertz CT molecular complexity index is 1120. The summed E-state index contributed by atoms with van der Waals surface area (Å²) in [4.78, 5) is 17.2. The Morgan fingerprint density at radius 1 is 1.04 bits per heavy atom. The number of rotatable bonds is 7. The van der Waals surface area contributed by atoms with E-state index in [1.807, 2.05) is 51.3 Å². The van der Waals surface area contributed by atoms with E-state index in [1.165, 1.54) is 0 Å². The SMILES string of the molecule is BCCOOCCN(C)c1ccc2c(c1)Oc1cc(=C)c3ccccc3c1=N2. The Balaban J connectivity index is 1.60. The van der Waals surface area contributed by atoms with Gasteiger partial charge >= 0.3 is 0 Å². The Kier molecular flexibility index (Phi) is 5.32. The summed E-state index contributed by atoms with van der Waals surface area (Å²) in [5.74, 6) is 1.49. The third-order valence-corrected chi connectivity index (χ3v) is 4.78. The van der Waals surface area contributed by atoms with E-state index >= 15 is 0 Å². The molecule has 1 aliphatic rings. The van der Waals surface area contributed by atoms with Crippen LogP contribution in [0.1, 0.15) is 0 Å². The number of likely N-dealkylation sites (N-methyl/N-ethyl adjacent to an activating group) is 1. The third kappa shape index (κ3) is 3.61. The number of benzene rings is 3. The molecule has 0 saturated carbocycles. The molecule has 3 aromatic carbocycles. The smallest absolute Gasteiger partial charge is 0.155 e. The lowest BCUT2D eigenvalue weighted by atomic mass is 10.1. The summed E-state index contributed by atoms with van der Waals surface area (Å²) in [6.07, 6.45) is 0.938.